The van der Waals surface area contributed by atoms with Gasteiger partial charge in [0.15, 0.2) is 0 Å². The average molecular weight is 114 g/mol. The fourth-order valence-corrected chi connectivity index (χ4v) is 4.24. The highest BCUT2D eigenvalue weighted by molar-refractivity contribution is 6.90. The quantitative estimate of drug-likeness (QED) is 0.424. The lowest BCUT2D eigenvalue weighted by molar-refractivity contribution is 0.864. The highest BCUT2D eigenvalue weighted by Crippen LogP contribution is 2.61. The Morgan fingerprint density at radius 3 is 1.43 bits per heavy atom. The first-order chi connectivity index (χ1) is 2.96. The molecular weight excluding hydrogens is 100 g/mol. The average Bonchev–Trinajstić information content (AvgIpc) is 1.63. The standard InChI is InChI=1S/C6H14Si/c1-6(2)5-7(6,3)4/h5H2,1-4H3. The van der Waals surface area contributed by atoms with Crippen molar-refractivity contribution in [3.63, 3.8) is 0 Å². The van der Waals surface area contributed by atoms with Crippen LogP contribution in [0.25, 0.3) is 0 Å². The summed E-state index contributed by atoms with van der Waals surface area (Å²) in [5.74, 6) is 0. The summed E-state index contributed by atoms with van der Waals surface area (Å²) in [6, 6.07) is 1.54. The van der Waals surface area contributed by atoms with Crippen molar-refractivity contribution >= 4 is 8.07 Å². The molecular formula is C6H14Si. The van der Waals surface area contributed by atoms with Crippen LogP contribution in [-0.2, 0) is 0 Å². The van der Waals surface area contributed by atoms with Gasteiger partial charge in [-0.1, -0.05) is 33.0 Å². The third-order valence-corrected chi connectivity index (χ3v) is 7.77. The van der Waals surface area contributed by atoms with E-state index in [1.165, 1.54) is 0 Å². The van der Waals surface area contributed by atoms with Crippen LogP contribution in [0.3, 0.4) is 0 Å². The lowest BCUT2D eigenvalue weighted by atomic mass is 10.3. The molecule has 0 radical (unpaired) electrons. The predicted molar refractivity (Wildman–Crippen MR) is 36.3 cm³/mol. The zero-order valence-electron chi connectivity index (χ0n) is 5.71. The van der Waals surface area contributed by atoms with Gasteiger partial charge in [-0.15, -0.1) is 0 Å². The van der Waals surface area contributed by atoms with E-state index in [0.717, 1.165) is 5.04 Å². The molecule has 1 rings (SSSR count). The Kier molecular flexibility index (Phi) is 0.741. The van der Waals surface area contributed by atoms with E-state index in [-0.39, 0.29) is 0 Å². The molecule has 0 spiro atoms. The molecule has 1 fully saturated rings. The molecule has 0 saturated carbocycles. The molecule has 0 atom stereocenters. The Balaban J connectivity index is 2.59. The van der Waals surface area contributed by atoms with Crippen LogP contribution in [0, 0.1) is 0 Å². The summed E-state index contributed by atoms with van der Waals surface area (Å²) in [4.78, 5) is 0. The molecule has 0 aromatic carbocycles. The van der Waals surface area contributed by atoms with Crippen LogP contribution in [0.1, 0.15) is 13.8 Å². The Hall–Kier alpha value is 0.217. The summed E-state index contributed by atoms with van der Waals surface area (Å²) in [7, 11) is -0.589. The Labute approximate surface area is 46.9 Å². The van der Waals surface area contributed by atoms with Gasteiger partial charge in [-0.05, 0) is 5.04 Å². The van der Waals surface area contributed by atoms with Crippen LogP contribution in [0.5, 0.6) is 0 Å². The maximum absolute atomic E-state index is 2.47. The minimum absolute atomic E-state index is 0.589. The first-order valence-corrected chi connectivity index (χ1v) is 6.16. The van der Waals surface area contributed by atoms with Crippen LogP contribution in [0.4, 0.5) is 0 Å². The lowest BCUT2D eigenvalue weighted by Crippen LogP contribution is -2.05. The minimum Gasteiger partial charge on any atom is -0.0690 e. The maximum atomic E-state index is 2.47. The molecule has 1 aliphatic heterocycles. The van der Waals surface area contributed by atoms with Gasteiger partial charge in [0.05, 0.1) is 8.07 Å². The van der Waals surface area contributed by atoms with Gasteiger partial charge in [-0.3, -0.25) is 0 Å². The summed E-state index contributed by atoms with van der Waals surface area (Å²) >= 11 is 0. The van der Waals surface area contributed by atoms with Crippen LogP contribution < -0.4 is 0 Å². The molecule has 0 unspecified atom stereocenters. The van der Waals surface area contributed by atoms with Crippen molar-refractivity contribution in [1.29, 1.82) is 0 Å². The predicted octanol–water partition coefficient (Wildman–Crippen LogP) is 2.49. The van der Waals surface area contributed by atoms with Crippen LogP contribution in [0.2, 0.25) is 24.2 Å². The van der Waals surface area contributed by atoms with Gasteiger partial charge in [-0.2, -0.15) is 0 Å². The van der Waals surface area contributed by atoms with E-state index in [9.17, 15) is 0 Å². The second-order valence-electron chi connectivity index (χ2n) is 3.94. The second kappa shape index (κ2) is 0.969. The third kappa shape index (κ3) is 0.633. The number of hydrogen-bond donors (Lipinski definition) is 0. The molecule has 0 aromatic heterocycles. The van der Waals surface area contributed by atoms with Crippen molar-refractivity contribution in [2.24, 2.45) is 0 Å². The summed E-state index contributed by atoms with van der Waals surface area (Å²) < 4.78 is 0. The van der Waals surface area contributed by atoms with Crippen molar-refractivity contribution in [3.8, 4) is 0 Å². The highest BCUT2D eigenvalue weighted by Gasteiger charge is 2.55. The van der Waals surface area contributed by atoms with Gasteiger partial charge in [0.25, 0.3) is 0 Å². The Morgan fingerprint density at radius 1 is 1.29 bits per heavy atom. The van der Waals surface area contributed by atoms with E-state index in [1.54, 1.807) is 6.04 Å². The number of hydrogen-bond acceptors (Lipinski definition) is 0. The molecule has 1 heteroatoms. The van der Waals surface area contributed by atoms with Crippen molar-refractivity contribution < 1.29 is 0 Å². The smallest absolute Gasteiger partial charge is 0.0530 e. The highest BCUT2D eigenvalue weighted by atomic mass is 28.3. The number of rotatable bonds is 0. The lowest BCUT2D eigenvalue weighted by Gasteiger charge is -2.02. The van der Waals surface area contributed by atoms with E-state index in [4.69, 9.17) is 0 Å². The van der Waals surface area contributed by atoms with Crippen LogP contribution in [0.15, 0.2) is 0 Å². The van der Waals surface area contributed by atoms with E-state index >= 15 is 0 Å². The van der Waals surface area contributed by atoms with Gasteiger partial charge >= 0.3 is 0 Å². The molecule has 1 heterocycles. The Bertz CT molecular complexity index is 80.4. The normalized spacial score (nSPS) is 32.6. The minimum atomic E-state index is -0.589. The molecule has 1 saturated heterocycles. The summed E-state index contributed by atoms with van der Waals surface area (Å²) in [5.41, 5.74) is 0. The first-order valence-electron chi connectivity index (χ1n) is 2.96. The van der Waals surface area contributed by atoms with Crippen molar-refractivity contribution in [2.45, 2.75) is 38.0 Å². The molecule has 42 valence electrons. The largest absolute Gasteiger partial charge is 0.0690 e. The SMILES string of the molecule is CC1(C)C[Si]1(C)C. The monoisotopic (exact) mass is 114 g/mol. The van der Waals surface area contributed by atoms with Crippen molar-refractivity contribution in [3.05, 3.63) is 0 Å². The van der Waals surface area contributed by atoms with Crippen molar-refractivity contribution in [2.75, 3.05) is 0 Å². The third-order valence-electron chi connectivity index (χ3n) is 2.59. The van der Waals surface area contributed by atoms with Gasteiger partial charge < -0.3 is 0 Å². The summed E-state index contributed by atoms with van der Waals surface area (Å²) in [6.45, 7) is 9.71. The molecule has 0 nitrogen and oxygen atoms in total. The van der Waals surface area contributed by atoms with Gasteiger partial charge in [0.2, 0.25) is 0 Å². The van der Waals surface area contributed by atoms with Crippen LogP contribution in [-0.4, -0.2) is 8.07 Å². The fourth-order valence-electron chi connectivity index (χ4n) is 1.06. The van der Waals surface area contributed by atoms with E-state index < -0.39 is 8.07 Å². The van der Waals surface area contributed by atoms with Gasteiger partial charge in [0.1, 0.15) is 0 Å². The van der Waals surface area contributed by atoms with E-state index in [1.807, 2.05) is 0 Å². The molecule has 7 heavy (non-hydrogen) atoms. The molecule has 0 amide bonds. The second-order valence-corrected chi connectivity index (χ2v) is 9.42. The zero-order valence-corrected chi connectivity index (χ0v) is 6.71. The first kappa shape index (κ1) is 5.36. The van der Waals surface area contributed by atoms with Crippen molar-refractivity contribution in [1.82, 2.24) is 0 Å². The van der Waals surface area contributed by atoms with Crippen LogP contribution >= 0.6 is 0 Å². The maximum Gasteiger partial charge on any atom is 0.0530 e. The molecule has 0 bridgehead atoms. The topological polar surface area (TPSA) is 0 Å². The Morgan fingerprint density at radius 2 is 1.43 bits per heavy atom. The molecule has 0 aliphatic carbocycles. The molecule has 0 aromatic rings. The summed E-state index contributed by atoms with van der Waals surface area (Å²) in [6.07, 6.45) is 0. The summed E-state index contributed by atoms with van der Waals surface area (Å²) in [5, 5.41) is 0.785. The van der Waals surface area contributed by atoms with E-state index in [2.05, 4.69) is 26.9 Å². The molecule has 1 aliphatic rings. The van der Waals surface area contributed by atoms with Gasteiger partial charge in [-0.25, -0.2) is 0 Å². The fraction of sp³-hybridized carbons (Fsp3) is 1.00. The molecule has 0 N–H and O–H groups in total. The van der Waals surface area contributed by atoms with Gasteiger partial charge in [0, 0.05) is 0 Å². The zero-order chi connectivity index (χ0) is 5.71. The van der Waals surface area contributed by atoms with E-state index in [0.29, 0.717) is 0 Å².